The number of carbonyl (C=O) groups excluding carboxylic acids is 1. The Morgan fingerprint density at radius 3 is 2.78 bits per heavy atom. The number of anilines is 1. The molecule has 0 spiro atoms. The Morgan fingerprint density at radius 2 is 2.00 bits per heavy atom. The van der Waals surface area contributed by atoms with Gasteiger partial charge in [0.25, 0.3) is 5.91 Å². The number of rotatable bonds is 4. The van der Waals surface area contributed by atoms with Crippen molar-refractivity contribution in [1.82, 2.24) is 19.8 Å². The highest BCUT2D eigenvalue weighted by Crippen LogP contribution is 2.30. The molecule has 0 radical (unpaired) electrons. The van der Waals surface area contributed by atoms with Crippen LogP contribution in [0.2, 0.25) is 0 Å². The average Bonchev–Trinajstić information content (AvgIpc) is 3.00. The molecule has 2 aromatic rings. The maximum Gasteiger partial charge on any atom is 0.257 e. The van der Waals surface area contributed by atoms with Gasteiger partial charge in [0.2, 0.25) is 5.95 Å². The van der Waals surface area contributed by atoms with Crippen molar-refractivity contribution in [2.45, 2.75) is 32.2 Å². The second-order valence-corrected chi connectivity index (χ2v) is 7.66. The van der Waals surface area contributed by atoms with Crippen molar-refractivity contribution in [2.24, 2.45) is 5.92 Å². The van der Waals surface area contributed by atoms with E-state index in [1.165, 1.54) is 12.8 Å². The Labute approximate surface area is 160 Å². The van der Waals surface area contributed by atoms with E-state index in [0.717, 1.165) is 38.2 Å². The highest BCUT2D eigenvalue weighted by molar-refractivity contribution is 5.99. The van der Waals surface area contributed by atoms with Crippen LogP contribution in [0, 0.1) is 5.92 Å². The molecule has 142 valence electrons. The summed E-state index contributed by atoms with van der Waals surface area (Å²) in [7, 11) is 0. The van der Waals surface area contributed by atoms with Crippen molar-refractivity contribution in [3.05, 3.63) is 42.1 Å². The van der Waals surface area contributed by atoms with Crippen molar-refractivity contribution >= 4 is 11.9 Å². The highest BCUT2D eigenvalue weighted by Gasteiger charge is 2.36. The van der Waals surface area contributed by atoms with E-state index < -0.39 is 0 Å². The molecule has 1 amide bonds. The molecule has 3 saturated heterocycles. The molecule has 3 aliphatic rings. The summed E-state index contributed by atoms with van der Waals surface area (Å²) < 4.78 is 0. The van der Waals surface area contributed by atoms with Gasteiger partial charge in [-0.1, -0.05) is 37.3 Å². The first-order valence-electron chi connectivity index (χ1n) is 9.87. The number of nitrogen functional groups attached to an aromatic ring is 1. The van der Waals surface area contributed by atoms with E-state index >= 15 is 0 Å². The fourth-order valence-electron chi connectivity index (χ4n) is 4.44. The first kappa shape index (κ1) is 17.9. The van der Waals surface area contributed by atoms with Gasteiger partial charge in [-0.3, -0.25) is 9.69 Å². The van der Waals surface area contributed by atoms with Gasteiger partial charge >= 0.3 is 0 Å². The van der Waals surface area contributed by atoms with Gasteiger partial charge in [0.1, 0.15) is 0 Å². The number of aromatic nitrogens is 2. The Hall–Kier alpha value is -2.47. The molecular weight excluding hydrogens is 338 g/mol. The second kappa shape index (κ2) is 7.64. The summed E-state index contributed by atoms with van der Waals surface area (Å²) in [6.07, 6.45) is 5.13. The van der Waals surface area contributed by atoms with Crippen LogP contribution in [0.4, 0.5) is 5.95 Å². The van der Waals surface area contributed by atoms with Crippen molar-refractivity contribution in [1.29, 1.82) is 0 Å². The molecule has 2 N–H and O–H groups in total. The van der Waals surface area contributed by atoms with Crippen molar-refractivity contribution in [3.63, 3.8) is 0 Å². The zero-order valence-electron chi connectivity index (χ0n) is 15.8. The minimum atomic E-state index is 0.0177. The number of fused-ring (bicyclic) bond motifs is 4. The number of hydrogen-bond acceptors (Lipinski definition) is 5. The summed E-state index contributed by atoms with van der Waals surface area (Å²) in [5, 5.41) is 0. The Balaban J connectivity index is 1.64. The molecule has 0 saturated carbocycles. The van der Waals surface area contributed by atoms with Crippen LogP contribution in [-0.2, 0) is 0 Å². The van der Waals surface area contributed by atoms with Crippen LogP contribution in [0.15, 0.2) is 36.5 Å². The predicted molar refractivity (Wildman–Crippen MR) is 106 cm³/mol. The Morgan fingerprint density at radius 1 is 1.19 bits per heavy atom. The molecule has 3 fully saturated rings. The molecule has 3 aliphatic heterocycles. The first-order chi connectivity index (χ1) is 13.2. The van der Waals surface area contributed by atoms with Crippen LogP contribution >= 0.6 is 0 Å². The normalized spacial score (nSPS) is 22.6. The second-order valence-electron chi connectivity index (χ2n) is 7.66. The molecule has 2 bridgehead atoms. The van der Waals surface area contributed by atoms with Gasteiger partial charge in [0.15, 0.2) is 0 Å². The SMILES string of the molecule is CCCN1CC2CCC1CN(C(=O)c1cnc(N)nc1-c1ccccc1)C2. The van der Waals surface area contributed by atoms with Crippen LogP contribution in [0.1, 0.15) is 36.5 Å². The maximum absolute atomic E-state index is 13.4. The highest BCUT2D eigenvalue weighted by atomic mass is 16.2. The molecule has 2 atom stereocenters. The van der Waals surface area contributed by atoms with Crippen molar-refractivity contribution in [2.75, 3.05) is 31.9 Å². The molecule has 0 aliphatic carbocycles. The van der Waals surface area contributed by atoms with Crippen LogP contribution in [0.5, 0.6) is 0 Å². The van der Waals surface area contributed by atoms with Crippen LogP contribution in [-0.4, -0.2) is 57.9 Å². The van der Waals surface area contributed by atoms with E-state index in [0.29, 0.717) is 23.2 Å². The average molecular weight is 365 g/mol. The third-order valence-corrected chi connectivity index (χ3v) is 5.71. The fraction of sp³-hybridized carbons (Fsp3) is 0.476. The van der Waals surface area contributed by atoms with Gasteiger partial charge in [-0.25, -0.2) is 9.97 Å². The molecule has 5 rings (SSSR count). The van der Waals surface area contributed by atoms with E-state index in [1.54, 1.807) is 6.20 Å². The first-order valence-corrected chi connectivity index (χ1v) is 9.87. The zero-order chi connectivity index (χ0) is 18.8. The molecule has 2 unspecified atom stereocenters. The Kier molecular flexibility index (Phi) is 5.07. The van der Waals surface area contributed by atoms with Gasteiger partial charge in [-0.15, -0.1) is 0 Å². The molecule has 6 heteroatoms. The van der Waals surface area contributed by atoms with Crippen molar-refractivity contribution < 1.29 is 4.79 Å². The number of carbonyl (C=O) groups is 1. The lowest BCUT2D eigenvalue weighted by atomic mass is 9.95. The van der Waals surface area contributed by atoms with Gasteiger partial charge in [-0.05, 0) is 31.7 Å². The molecule has 6 nitrogen and oxygen atoms in total. The van der Waals surface area contributed by atoms with Gasteiger partial charge in [0.05, 0.1) is 11.3 Å². The number of piperidine rings is 1. The lowest BCUT2D eigenvalue weighted by Crippen LogP contribution is -2.44. The molecule has 1 aromatic heterocycles. The third kappa shape index (κ3) is 3.67. The van der Waals surface area contributed by atoms with Crippen molar-refractivity contribution in [3.8, 4) is 11.3 Å². The number of hydrogen-bond donors (Lipinski definition) is 1. The summed E-state index contributed by atoms with van der Waals surface area (Å²) in [6.45, 7) is 6.04. The van der Waals surface area contributed by atoms with Crippen LogP contribution in [0.25, 0.3) is 11.3 Å². The third-order valence-electron chi connectivity index (χ3n) is 5.71. The smallest absolute Gasteiger partial charge is 0.257 e. The summed E-state index contributed by atoms with van der Waals surface area (Å²) in [5.41, 5.74) is 7.87. The minimum Gasteiger partial charge on any atom is -0.368 e. The van der Waals surface area contributed by atoms with E-state index in [9.17, 15) is 4.79 Å². The minimum absolute atomic E-state index is 0.0177. The standard InChI is InChI=1S/C21H27N5O/c1-2-10-25-12-15-8-9-17(25)14-26(13-15)20(27)18-11-23-21(22)24-19(18)16-6-4-3-5-7-16/h3-7,11,15,17H,2,8-10,12-14H2,1H3,(H2,22,23,24). The van der Waals surface area contributed by atoms with E-state index in [2.05, 4.69) is 21.8 Å². The molecule has 1 aromatic carbocycles. The summed E-state index contributed by atoms with van der Waals surface area (Å²) in [5.74, 6) is 0.758. The molecule has 27 heavy (non-hydrogen) atoms. The lowest BCUT2D eigenvalue weighted by molar-refractivity contribution is 0.0738. The van der Waals surface area contributed by atoms with Gasteiger partial charge in [0, 0.05) is 37.4 Å². The monoisotopic (exact) mass is 365 g/mol. The number of nitrogens with zero attached hydrogens (tertiary/aromatic N) is 4. The number of benzene rings is 1. The van der Waals surface area contributed by atoms with E-state index in [-0.39, 0.29) is 11.9 Å². The topological polar surface area (TPSA) is 75.3 Å². The number of nitrogens with two attached hydrogens (primary N) is 1. The summed E-state index contributed by atoms with van der Waals surface area (Å²) in [4.78, 5) is 26.5. The quantitative estimate of drug-likeness (QED) is 0.901. The van der Waals surface area contributed by atoms with E-state index in [1.807, 2.05) is 35.2 Å². The largest absolute Gasteiger partial charge is 0.368 e. The summed E-state index contributed by atoms with van der Waals surface area (Å²) >= 11 is 0. The van der Waals surface area contributed by atoms with Gasteiger partial charge in [-0.2, -0.15) is 0 Å². The zero-order valence-corrected chi connectivity index (χ0v) is 15.8. The molecular formula is C21H27N5O. The van der Waals surface area contributed by atoms with Crippen LogP contribution in [0.3, 0.4) is 0 Å². The number of amides is 1. The van der Waals surface area contributed by atoms with E-state index in [4.69, 9.17) is 5.73 Å². The summed E-state index contributed by atoms with van der Waals surface area (Å²) in [6, 6.07) is 10.2. The fourth-order valence-corrected chi connectivity index (χ4v) is 4.44. The maximum atomic E-state index is 13.4. The van der Waals surface area contributed by atoms with Crippen LogP contribution < -0.4 is 5.73 Å². The van der Waals surface area contributed by atoms with Gasteiger partial charge < -0.3 is 10.6 Å². The molecule has 4 heterocycles. The Bertz CT molecular complexity index is 809. The predicted octanol–water partition coefficient (Wildman–Crippen LogP) is 2.67. The lowest BCUT2D eigenvalue weighted by Gasteiger charge is -2.35.